The van der Waals surface area contributed by atoms with Crippen LogP contribution >= 0.6 is 0 Å². The molecule has 0 spiro atoms. The van der Waals surface area contributed by atoms with E-state index >= 15 is 0 Å². The Kier molecular flexibility index (Phi) is 4.11. The molecule has 23 heavy (non-hydrogen) atoms. The molecule has 1 aliphatic heterocycles. The van der Waals surface area contributed by atoms with Crippen molar-refractivity contribution in [1.29, 1.82) is 5.26 Å². The minimum absolute atomic E-state index is 0.0104. The minimum Gasteiger partial charge on any atom is -0.478 e. The third-order valence-electron chi connectivity index (χ3n) is 3.79. The van der Waals surface area contributed by atoms with Crippen LogP contribution in [0.4, 0.5) is 5.69 Å². The van der Waals surface area contributed by atoms with Gasteiger partial charge in [0.05, 0.1) is 5.69 Å². The lowest BCUT2D eigenvalue weighted by atomic mass is 10.0. The van der Waals surface area contributed by atoms with Gasteiger partial charge in [-0.05, 0) is 25.1 Å². The number of ether oxygens (including phenoxy) is 1. The molecule has 0 bridgehead atoms. The normalized spacial score (nSPS) is 14.7. The first-order chi connectivity index (χ1) is 11.3. The zero-order chi connectivity index (χ0) is 16.2. The standard InChI is InChI=1S/C19H16N2O2/c1-2-21-17-9-5-4-8-15(17)16(19(21)22)13-14-7-3-6-10-18(14)23-12-11-20/h3-10,13H,2,12H2,1H3/b16-13-. The number of hydrogen-bond acceptors (Lipinski definition) is 3. The van der Waals surface area contributed by atoms with Gasteiger partial charge in [-0.25, -0.2) is 0 Å². The second-order valence-electron chi connectivity index (χ2n) is 5.11. The predicted octanol–water partition coefficient (Wildman–Crippen LogP) is 3.50. The van der Waals surface area contributed by atoms with Crippen molar-refractivity contribution in [3.8, 4) is 11.8 Å². The fraction of sp³-hybridized carbons (Fsp3) is 0.158. The van der Waals surface area contributed by atoms with Crippen LogP contribution in [0.1, 0.15) is 18.1 Å². The van der Waals surface area contributed by atoms with Gasteiger partial charge >= 0.3 is 0 Å². The molecular weight excluding hydrogens is 288 g/mol. The summed E-state index contributed by atoms with van der Waals surface area (Å²) in [5.41, 5.74) is 3.30. The lowest BCUT2D eigenvalue weighted by Gasteiger charge is -2.13. The van der Waals surface area contributed by atoms with Gasteiger partial charge in [0.1, 0.15) is 11.8 Å². The molecule has 0 unspecified atom stereocenters. The predicted molar refractivity (Wildman–Crippen MR) is 89.9 cm³/mol. The maximum Gasteiger partial charge on any atom is 0.258 e. The summed E-state index contributed by atoms with van der Waals surface area (Å²) >= 11 is 0. The molecule has 4 nitrogen and oxygen atoms in total. The fourth-order valence-corrected chi connectivity index (χ4v) is 2.76. The number of likely N-dealkylation sites (N-methyl/N-ethyl adjacent to an activating group) is 1. The summed E-state index contributed by atoms with van der Waals surface area (Å²) in [6, 6.07) is 17.1. The van der Waals surface area contributed by atoms with E-state index in [2.05, 4.69) is 0 Å². The van der Waals surface area contributed by atoms with Gasteiger partial charge in [-0.3, -0.25) is 4.79 Å². The summed E-state index contributed by atoms with van der Waals surface area (Å²) in [4.78, 5) is 14.5. The van der Waals surface area contributed by atoms with Crippen molar-refractivity contribution in [2.45, 2.75) is 6.92 Å². The fourth-order valence-electron chi connectivity index (χ4n) is 2.76. The van der Waals surface area contributed by atoms with Crippen LogP contribution in [-0.2, 0) is 4.79 Å². The number of amides is 1. The second-order valence-corrected chi connectivity index (χ2v) is 5.11. The van der Waals surface area contributed by atoms with Crippen molar-refractivity contribution in [2.75, 3.05) is 18.1 Å². The van der Waals surface area contributed by atoms with E-state index in [1.54, 1.807) is 11.0 Å². The molecule has 0 atom stereocenters. The van der Waals surface area contributed by atoms with Crippen LogP contribution in [0.25, 0.3) is 11.6 Å². The number of anilines is 1. The topological polar surface area (TPSA) is 53.3 Å². The van der Waals surface area contributed by atoms with Gasteiger partial charge in [-0.1, -0.05) is 36.4 Å². The SMILES string of the molecule is CCN1C(=O)/C(=C\c2ccccc2OCC#N)c2ccccc21. The lowest BCUT2D eigenvalue weighted by Crippen LogP contribution is -2.25. The first kappa shape index (κ1) is 14.9. The Labute approximate surface area is 135 Å². The number of hydrogen-bond donors (Lipinski definition) is 0. The van der Waals surface area contributed by atoms with Gasteiger partial charge in [0.2, 0.25) is 0 Å². The quantitative estimate of drug-likeness (QED) is 0.812. The Morgan fingerprint density at radius 2 is 1.91 bits per heavy atom. The first-order valence-corrected chi connectivity index (χ1v) is 7.48. The second kappa shape index (κ2) is 6.37. The molecule has 114 valence electrons. The summed E-state index contributed by atoms with van der Waals surface area (Å²) < 4.78 is 5.44. The number of nitriles is 1. The maximum atomic E-state index is 12.7. The highest BCUT2D eigenvalue weighted by Crippen LogP contribution is 2.38. The van der Waals surface area contributed by atoms with E-state index in [1.165, 1.54) is 0 Å². The third-order valence-corrected chi connectivity index (χ3v) is 3.79. The number of benzene rings is 2. The van der Waals surface area contributed by atoms with Crippen LogP contribution < -0.4 is 9.64 Å². The van der Waals surface area contributed by atoms with Crippen LogP contribution in [-0.4, -0.2) is 19.1 Å². The Morgan fingerprint density at radius 1 is 1.17 bits per heavy atom. The Bertz CT molecular complexity index is 818. The molecule has 1 heterocycles. The monoisotopic (exact) mass is 304 g/mol. The van der Waals surface area contributed by atoms with Gasteiger partial charge < -0.3 is 9.64 Å². The van der Waals surface area contributed by atoms with Crippen molar-refractivity contribution < 1.29 is 9.53 Å². The van der Waals surface area contributed by atoms with Crippen molar-refractivity contribution in [2.24, 2.45) is 0 Å². The number of para-hydroxylation sites is 2. The molecule has 0 fully saturated rings. The van der Waals surface area contributed by atoms with Crippen LogP contribution in [0.3, 0.4) is 0 Å². The number of carbonyl (C=O) groups excluding carboxylic acids is 1. The van der Waals surface area contributed by atoms with E-state index in [4.69, 9.17) is 10.00 Å². The van der Waals surface area contributed by atoms with Crippen molar-refractivity contribution in [1.82, 2.24) is 0 Å². The molecule has 0 aromatic heterocycles. The van der Waals surface area contributed by atoms with Crippen molar-refractivity contribution >= 4 is 23.2 Å². The molecule has 1 amide bonds. The third kappa shape index (κ3) is 2.69. The van der Waals surface area contributed by atoms with Gasteiger partial charge in [-0.2, -0.15) is 5.26 Å². The number of carbonyl (C=O) groups is 1. The minimum atomic E-state index is -0.0220. The van der Waals surface area contributed by atoms with Gasteiger partial charge in [0, 0.05) is 23.2 Å². The summed E-state index contributed by atoms with van der Waals surface area (Å²) in [5.74, 6) is 0.588. The molecule has 0 N–H and O–H groups in total. The zero-order valence-electron chi connectivity index (χ0n) is 12.8. The highest BCUT2D eigenvalue weighted by atomic mass is 16.5. The number of rotatable bonds is 4. The molecular formula is C19H16N2O2. The van der Waals surface area contributed by atoms with E-state index < -0.39 is 0 Å². The molecule has 2 aromatic carbocycles. The molecule has 1 aliphatic rings. The van der Waals surface area contributed by atoms with E-state index in [9.17, 15) is 4.79 Å². The van der Waals surface area contributed by atoms with E-state index in [-0.39, 0.29) is 12.5 Å². The summed E-state index contributed by atoms with van der Waals surface area (Å²) in [6.07, 6.45) is 1.84. The van der Waals surface area contributed by atoms with Crippen molar-refractivity contribution in [3.63, 3.8) is 0 Å². The van der Waals surface area contributed by atoms with E-state index in [0.29, 0.717) is 17.9 Å². The summed E-state index contributed by atoms with van der Waals surface area (Å²) in [6.45, 7) is 2.56. The van der Waals surface area contributed by atoms with E-state index in [1.807, 2.05) is 61.5 Å². The molecule has 0 saturated heterocycles. The zero-order valence-corrected chi connectivity index (χ0v) is 12.8. The Hall–Kier alpha value is -3.06. The average molecular weight is 304 g/mol. The number of nitrogens with zero attached hydrogens (tertiary/aromatic N) is 2. The molecule has 4 heteroatoms. The smallest absolute Gasteiger partial charge is 0.258 e. The largest absolute Gasteiger partial charge is 0.478 e. The summed E-state index contributed by atoms with van der Waals surface area (Å²) in [7, 11) is 0. The van der Waals surface area contributed by atoms with Gasteiger partial charge in [-0.15, -0.1) is 0 Å². The molecule has 2 aromatic rings. The lowest BCUT2D eigenvalue weighted by molar-refractivity contribution is -0.112. The van der Waals surface area contributed by atoms with Crippen LogP contribution in [0.15, 0.2) is 48.5 Å². The molecule has 0 radical (unpaired) electrons. The van der Waals surface area contributed by atoms with E-state index in [0.717, 1.165) is 16.8 Å². The van der Waals surface area contributed by atoms with Crippen LogP contribution in [0.2, 0.25) is 0 Å². The molecule has 0 aliphatic carbocycles. The highest BCUT2D eigenvalue weighted by Gasteiger charge is 2.30. The van der Waals surface area contributed by atoms with Crippen LogP contribution in [0.5, 0.6) is 5.75 Å². The first-order valence-electron chi connectivity index (χ1n) is 7.48. The Morgan fingerprint density at radius 3 is 2.70 bits per heavy atom. The van der Waals surface area contributed by atoms with Gasteiger partial charge in [0.15, 0.2) is 6.61 Å². The summed E-state index contributed by atoms with van der Waals surface area (Å²) in [5, 5.41) is 8.69. The molecule has 0 saturated carbocycles. The van der Waals surface area contributed by atoms with Gasteiger partial charge in [0.25, 0.3) is 5.91 Å². The highest BCUT2D eigenvalue weighted by molar-refractivity contribution is 6.35. The van der Waals surface area contributed by atoms with Crippen LogP contribution in [0, 0.1) is 11.3 Å². The average Bonchev–Trinajstić information content (AvgIpc) is 2.86. The maximum absolute atomic E-state index is 12.7. The number of fused-ring (bicyclic) bond motifs is 1. The van der Waals surface area contributed by atoms with Crippen molar-refractivity contribution in [3.05, 3.63) is 59.7 Å². The molecule has 3 rings (SSSR count). The Balaban J connectivity index is 2.07.